The summed E-state index contributed by atoms with van der Waals surface area (Å²) in [6.07, 6.45) is 0.424. The first kappa shape index (κ1) is 15.9. The zero-order chi connectivity index (χ0) is 13.6. The molecule has 0 aliphatic rings. The number of hydrogen-bond donors (Lipinski definition) is 1. The molecule has 0 aliphatic heterocycles. The predicted octanol–water partition coefficient (Wildman–Crippen LogP) is 2.13. The van der Waals surface area contributed by atoms with Crippen LogP contribution in [0.15, 0.2) is 0 Å². The van der Waals surface area contributed by atoms with E-state index in [2.05, 4.69) is 26.1 Å². The zero-order valence-corrected chi connectivity index (χ0v) is 11.8. The summed E-state index contributed by atoms with van der Waals surface area (Å²) < 4.78 is 4.82. The molecule has 0 aromatic heterocycles. The SMILES string of the molecule is CCOC(=O)[C@H](C)NC(=O)C[C@H](C)C(C)(C)C. The Kier molecular flexibility index (Phi) is 6.21. The standard InChI is InChI=1S/C13H25NO3/c1-7-17-12(16)10(3)14-11(15)8-9(2)13(4,5)6/h9-10H,7-8H2,1-6H3,(H,14,15)/t9-,10-/m0/s1. The van der Waals surface area contributed by atoms with Crippen molar-refractivity contribution < 1.29 is 14.3 Å². The van der Waals surface area contributed by atoms with Gasteiger partial charge in [-0.05, 0) is 25.2 Å². The molecule has 17 heavy (non-hydrogen) atoms. The molecule has 2 atom stereocenters. The predicted molar refractivity (Wildman–Crippen MR) is 67.5 cm³/mol. The summed E-state index contributed by atoms with van der Waals surface area (Å²) in [5, 5.41) is 2.65. The van der Waals surface area contributed by atoms with Gasteiger partial charge in [-0.3, -0.25) is 4.79 Å². The highest BCUT2D eigenvalue weighted by atomic mass is 16.5. The van der Waals surface area contributed by atoms with Gasteiger partial charge in [0.05, 0.1) is 6.61 Å². The Bertz CT molecular complexity index is 268. The van der Waals surface area contributed by atoms with Crippen LogP contribution in [0.1, 0.15) is 48.0 Å². The maximum absolute atomic E-state index is 11.7. The highest BCUT2D eigenvalue weighted by molar-refractivity contribution is 5.84. The summed E-state index contributed by atoms with van der Waals surface area (Å²) in [7, 11) is 0. The van der Waals surface area contributed by atoms with Crippen LogP contribution in [-0.4, -0.2) is 24.5 Å². The second kappa shape index (κ2) is 6.62. The highest BCUT2D eigenvalue weighted by Gasteiger charge is 2.24. The third-order valence-corrected chi connectivity index (χ3v) is 2.99. The number of nitrogens with one attached hydrogen (secondary N) is 1. The quantitative estimate of drug-likeness (QED) is 0.753. The van der Waals surface area contributed by atoms with E-state index in [4.69, 9.17) is 4.74 Å². The van der Waals surface area contributed by atoms with Gasteiger partial charge in [0, 0.05) is 6.42 Å². The second-order valence-electron chi connectivity index (χ2n) is 5.51. The van der Waals surface area contributed by atoms with E-state index in [1.807, 2.05) is 6.92 Å². The third-order valence-electron chi connectivity index (χ3n) is 2.99. The van der Waals surface area contributed by atoms with E-state index in [0.717, 1.165) is 0 Å². The van der Waals surface area contributed by atoms with Crippen LogP contribution in [0.3, 0.4) is 0 Å². The Labute approximate surface area is 104 Å². The number of carbonyl (C=O) groups is 2. The Morgan fingerprint density at radius 1 is 1.24 bits per heavy atom. The molecule has 0 aromatic rings. The molecule has 0 unspecified atom stereocenters. The van der Waals surface area contributed by atoms with Gasteiger partial charge in [0.15, 0.2) is 0 Å². The fourth-order valence-electron chi connectivity index (χ4n) is 1.21. The van der Waals surface area contributed by atoms with Crippen LogP contribution >= 0.6 is 0 Å². The van der Waals surface area contributed by atoms with Crippen molar-refractivity contribution in [2.45, 2.75) is 54.0 Å². The average molecular weight is 243 g/mol. The molecular formula is C13H25NO3. The number of amides is 1. The summed E-state index contributed by atoms with van der Waals surface area (Å²) in [5.74, 6) is -0.228. The molecule has 4 heteroatoms. The lowest BCUT2D eigenvalue weighted by Gasteiger charge is -2.27. The molecule has 100 valence electrons. The summed E-state index contributed by atoms with van der Waals surface area (Å²) in [5.41, 5.74) is 0.0878. The number of esters is 1. The molecule has 0 aromatic carbocycles. The van der Waals surface area contributed by atoms with Gasteiger partial charge in [0.25, 0.3) is 0 Å². The fourth-order valence-corrected chi connectivity index (χ4v) is 1.21. The van der Waals surface area contributed by atoms with Crippen molar-refractivity contribution in [2.24, 2.45) is 11.3 Å². The molecular weight excluding hydrogens is 218 g/mol. The lowest BCUT2D eigenvalue weighted by Crippen LogP contribution is -2.40. The smallest absolute Gasteiger partial charge is 0.328 e. The Morgan fingerprint density at radius 3 is 2.18 bits per heavy atom. The van der Waals surface area contributed by atoms with Crippen molar-refractivity contribution in [3.05, 3.63) is 0 Å². The van der Waals surface area contributed by atoms with Crippen molar-refractivity contribution in [1.29, 1.82) is 0 Å². The molecule has 0 heterocycles. The van der Waals surface area contributed by atoms with Crippen LogP contribution in [0, 0.1) is 11.3 Å². The average Bonchev–Trinajstić information content (AvgIpc) is 2.16. The fraction of sp³-hybridized carbons (Fsp3) is 0.846. The Morgan fingerprint density at radius 2 is 1.76 bits per heavy atom. The van der Waals surface area contributed by atoms with Crippen molar-refractivity contribution in [1.82, 2.24) is 5.32 Å². The minimum Gasteiger partial charge on any atom is -0.464 e. The van der Waals surface area contributed by atoms with Crippen molar-refractivity contribution in [3.8, 4) is 0 Å². The molecule has 0 fully saturated rings. The molecule has 0 saturated heterocycles. The van der Waals surface area contributed by atoms with E-state index < -0.39 is 6.04 Å². The van der Waals surface area contributed by atoms with E-state index in [0.29, 0.717) is 13.0 Å². The molecule has 1 amide bonds. The van der Waals surface area contributed by atoms with Crippen LogP contribution in [0.2, 0.25) is 0 Å². The minimum absolute atomic E-state index is 0.0878. The van der Waals surface area contributed by atoms with E-state index >= 15 is 0 Å². The molecule has 0 spiro atoms. The van der Waals surface area contributed by atoms with Gasteiger partial charge in [-0.1, -0.05) is 27.7 Å². The van der Waals surface area contributed by atoms with Crippen LogP contribution in [0.25, 0.3) is 0 Å². The number of rotatable bonds is 5. The topological polar surface area (TPSA) is 55.4 Å². The normalized spacial score (nSPS) is 14.9. The lowest BCUT2D eigenvalue weighted by atomic mass is 9.80. The number of carbonyl (C=O) groups excluding carboxylic acids is 2. The van der Waals surface area contributed by atoms with Crippen LogP contribution in [0.4, 0.5) is 0 Å². The van der Waals surface area contributed by atoms with E-state index in [1.165, 1.54) is 0 Å². The minimum atomic E-state index is -0.574. The van der Waals surface area contributed by atoms with Gasteiger partial charge in [-0.2, -0.15) is 0 Å². The molecule has 0 bridgehead atoms. The Balaban J connectivity index is 4.15. The first-order chi connectivity index (χ1) is 7.68. The monoisotopic (exact) mass is 243 g/mol. The third kappa shape index (κ3) is 6.29. The maximum atomic E-state index is 11.7. The molecule has 0 radical (unpaired) electrons. The maximum Gasteiger partial charge on any atom is 0.328 e. The van der Waals surface area contributed by atoms with Gasteiger partial charge in [0.2, 0.25) is 5.91 Å². The molecule has 0 saturated carbocycles. The lowest BCUT2D eigenvalue weighted by molar-refractivity contribution is -0.147. The summed E-state index contributed by atoms with van der Waals surface area (Å²) in [6.45, 7) is 12.0. The van der Waals surface area contributed by atoms with Gasteiger partial charge in [-0.15, -0.1) is 0 Å². The summed E-state index contributed by atoms with van der Waals surface area (Å²) in [6, 6.07) is -0.574. The van der Waals surface area contributed by atoms with Crippen molar-refractivity contribution >= 4 is 11.9 Å². The van der Waals surface area contributed by atoms with Crippen molar-refractivity contribution in [3.63, 3.8) is 0 Å². The highest BCUT2D eigenvalue weighted by Crippen LogP contribution is 2.27. The van der Waals surface area contributed by atoms with Gasteiger partial charge >= 0.3 is 5.97 Å². The molecule has 4 nitrogen and oxygen atoms in total. The van der Waals surface area contributed by atoms with Crippen LogP contribution in [-0.2, 0) is 14.3 Å². The van der Waals surface area contributed by atoms with Crippen LogP contribution in [0.5, 0.6) is 0 Å². The first-order valence-corrected chi connectivity index (χ1v) is 6.14. The van der Waals surface area contributed by atoms with E-state index in [9.17, 15) is 9.59 Å². The van der Waals surface area contributed by atoms with E-state index in [1.54, 1.807) is 13.8 Å². The summed E-state index contributed by atoms with van der Waals surface area (Å²) >= 11 is 0. The van der Waals surface area contributed by atoms with Gasteiger partial charge < -0.3 is 10.1 Å². The van der Waals surface area contributed by atoms with Crippen LogP contribution < -0.4 is 5.32 Å². The number of hydrogen-bond acceptors (Lipinski definition) is 3. The van der Waals surface area contributed by atoms with Crippen molar-refractivity contribution in [2.75, 3.05) is 6.61 Å². The zero-order valence-electron chi connectivity index (χ0n) is 11.8. The molecule has 0 rings (SSSR count). The van der Waals surface area contributed by atoms with Gasteiger partial charge in [-0.25, -0.2) is 4.79 Å². The largest absolute Gasteiger partial charge is 0.464 e. The molecule has 1 N–H and O–H groups in total. The first-order valence-electron chi connectivity index (χ1n) is 6.14. The second-order valence-corrected chi connectivity index (χ2v) is 5.51. The van der Waals surface area contributed by atoms with E-state index in [-0.39, 0.29) is 23.2 Å². The molecule has 0 aliphatic carbocycles. The summed E-state index contributed by atoms with van der Waals surface area (Å²) in [4.78, 5) is 23.0. The number of ether oxygens (including phenoxy) is 1. The Hall–Kier alpha value is -1.06. The van der Waals surface area contributed by atoms with Gasteiger partial charge in [0.1, 0.15) is 6.04 Å².